The molecule has 1 N–H and O–H groups in total. The van der Waals surface area contributed by atoms with Crippen LogP contribution in [0, 0.1) is 0 Å². The van der Waals surface area contributed by atoms with Gasteiger partial charge in [-0.15, -0.1) is 0 Å². The molecule has 2 aromatic rings. The van der Waals surface area contributed by atoms with Gasteiger partial charge in [-0.3, -0.25) is 0 Å². The van der Waals surface area contributed by atoms with Crippen molar-refractivity contribution >= 4 is 11.6 Å². The van der Waals surface area contributed by atoms with Gasteiger partial charge in [0.2, 0.25) is 5.95 Å². The molecule has 2 rings (SSSR count). The fourth-order valence-corrected chi connectivity index (χ4v) is 1.52. The average molecular weight is 202 g/mol. The highest BCUT2D eigenvalue weighted by Crippen LogP contribution is 2.20. The molecule has 0 aliphatic rings. The Morgan fingerprint density at radius 1 is 1.27 bits per heavy atom. The number of nitrogens with zero attached hydrogens (tertiary/aromatic N) is 3. The van der Waals surface area contributed by atoms with E-state index in [-0.39, 0.29) is 0 Å². The van der Waals surface area contributed by atoms with Crippen molar-refractivity contribution in [1.29, 1.82) is 0 Å². The van der Waals surface area contributed by atoms with E-state index >= 15 is 0 Å². The van der Waals surface area contributed by atoms with Crippen LogP contribution >= 0.6 is 0 Å². The zero-order valence-electron chi connectivity index (χ0n) is 8.72. The average Bonchev–Trinajstić information content (AvgIpc) is 2.80. The molecule has 4 heteroatoms. The summed E-state index contributed by atoms with van der Waals surface area (Å²) in [5, 5.41) is 6.76. The van der Waals surface area contributed by atoms with Gasteiger partial charge in [0, 0.05) is 12.2 Å². The largest absolute Gasteiger partial charge is 0.311 e. The predicted octanol–water partition coefficient (Wildman–Crippen LogP) is 2.35. The van der Waals surface area contributed by atoms with Gasteiger partial charge in [0.25, 0.3) is 0 Å². The number of H-pyrrole nitrogens is 1. The van der Waals surface area contributed by atoms with Crippen LogP contribution in [0.15, 0.2) is 36.7 Å². The van der Waals surface area contributed by atoms with Crippen LogP contribution in [0.5, 0.6) is 0 Å². The first-order valence-corrected chi connectivity index (χ1v) is 5.09. The SMILES string of the molecule is CCCN(c1ccccc1)c1ncn[nH]1. The molecule has 0 bridgehead atoms. The molecule has 0 amide bonds. The first-order chi connectivity index (χ1) is 7.42. The summed E-state index contributed by atoms with van der Waals surface area (Å²) in [6, 6.07) is 10.2. The Kier molecular flexibility index (Phi) is 2.97. The third kappa shape index (κ3) is 2.15. The van der Waals surface area contributed by atoms with Gasteiger partial charge in [-0.05, 0) is 18.6 Å². The molecule has 0 unspecified atom stereocenters. The Morgan fingerprint density at radius 3 is 2.67 bits per heavy atom. The summed E-state index contributed by atoms with van der Waals surface area (Å²) < 4.78 is 0. The van der Waals surface area contributed by atoms with Crippen molar-refractivity contribution in [1.82, 2.24) is 15.2 Å². The molecular weight excluding hydrogens is 188 g/mol. The molecule has 0 aliphatic carbocycles. The lowest BCUT2D eigenvalue weighted by Gasteiger charge is -2.20. The number of para-hydroxylation sites is 1. The third-order valence-electron chi connectivity index (χ3n) is 2.17. The van der Waals surface area contributed by atoms with E-state index in [2.05, 4.69) is 39.1 Å². The van der Waals surface area contributed by atoms with Gasteiger partial charge in [-0.25, -0.2) is 5.10 Å². The van der Waals surface area contributed by atoms with Gasteiger partial charge in [0.05, 0.1) is 0 Å². The Bertz CT molecular complexity index is 382. The van der Waals surface area contributed by atoms with Crippen molar-refractivity contribution in [2.75, 3.05) is 11.4 Å². The van der Waals surface area contributed by atoms with Crippen molar-refractivity contribution in [3.63, 3.8) is 0 Å². The van der Waals surface area contributed by atoms with Gasteiger partial charge in [0.15, 0.2) is 0 Å². The van der Waals surface area contributed by atoms with Gasteiger partial charge in [-0.1, -0.05) is 25.1 Å². The van der Waals surface area contributed by atoms with Crippen LogP contribution < -0.4 is 4.90 Å². The highest BCUT2D eigenvalue weighted by Gasteiger charge is 2.09. The normalized spacial score (nSPS) is 10.2. The van der Waals surface area contributed by atoms with Crippen molar-refractivity contribution in [2.45, 2.75) is 13.3 Å². The Hall–Kier alpha value is -1.84. The quantitative estimate of drug-likeness (QED) is 0.827. The Labute approximate surface area is 89.0 Å². The second kappa shape index (κ2) is 4.59. The minimum Gasteiger partial charge on any atom is -0.311 e. The monoisotopic (exact) mass is 202 g/mol. The first kappa shape index (κ1) is 9.71. The first-order valence-electron chi connectivity index (χ1n) is 5.09. The summed E-state index contributed by atoms with van der Waals surface area (Å²) >= 11 is 0. The fourth-order valence-electron chi connectivity index (χ4n) is 1.52. The number of nitrogens with one attached hydrogen (secondary N) is 1. The number of anilines is 2. The van der Waals surface area contributed by atoms with Crippen LogP contribution in [0.4, 0.5) is 11.6 Å². The maximum Gasteiger partial charge on any atom is 0.225 e. The molecule has 1 heterocycles. The Morgan fingerprint density at radius 2 is 2.07 bits per heavy atom. The van der Waals surface area contributed by atoms with Crippen LogP contribution in [0.3, 0.4) is 0 Å². The predicted molar refractivity (Wildman–Crippen MR) is 60.1 cm³/mol. The molecule has 0 spiro atoms. The molecule has 1 aromatic heterocycles. The van der Waals surface area contributed by atoms with E-state index in [0.29, 0.717) is 0 Å². The molecule has 0 saturated carbocycles. The van der Waals surface area contributed by atoms with E-state index in [1.54, 1.807) is 0 Å². The number of aromatic nitrogens is 3. The molecule has 0 radical (unpaired) electrons. The van der Waals surface area contributed by atoms with Crippen molar-refractivity contribution < 1.29 is 0 Å². The maximum absolute atomic E-state index is 4.17. The zero-order chi connectivity index (χ0) is 10.5. The lowest BCUT2D eigenvalue weighted by molar-refractivity contribution is 0.855. The van der Waals surface area contributed by atoms with Gasteiger partial charge < -0.3 is 4.90 Å². The summed E-state index contributed by atoms with van der Waals surface area (Å²) in [4.78, 5) is 6.29. The minimum atomic E-state index is 0.794. The molecule has 0 saturated heterocycles. The summed E-state index contributed by atoms with van der Waals surface area (Å²) in [5.41, 5.74) is 1.14. The summed E-state index contributed by atoms with van der Waals surface area (Å²) in [6.45, 7) is 3.07. The highest BCUT2D eigenvalue weighted by molar-refractivity contribution is 5.56. The van der Waals surface area contributed by atoms with E-state index in [4.69, 9.17) is 0 Å². The van der Waals surface area contributed by atoms with Crippen LogP contribution in [0.2, 0.25) is 0 Å². The maximum atomic E-state index is 4.17. The molecular formula is C11H14N4. The summed E-state index contributed by atoms with van der Waals surface area (Å²) in [6.07, 6.45) is 2.59. The number of aromatic amines is 1. The molecule has 0 atom stereocenters. The van der Waals surface area contributed by atoms with E-state index in [1.807, 2.05) is 18.2 Å². The highest BCUT2D eigenvalue weighted by atomic mass is 15.3. The van der Waals surface area contributed by atoms with E-state index in [1.165, 1.54) is 6.33 Å². The summed E-state index contributed by atoms with van der Waals surface area (Å²) in [7, 11) is 0. The molecule has 1 aromatic carbocycles. The smallest absolute Gasteiger partial charge is 0.225 e. The minimum absolute atomic E-state index is 0.794. The fraction of sp³-hybridized carbons (Fsp3) is 0.273. The number of benzene rings is 1. The third-order valence-corrected chi connectivity index (χ3v) is 2.17. The second-order valence-corrected chi connectivity index (χ2v) is 3.30. The van der Waals surface area contributed by atoms with Crippen LogP contribution in [-0.4, -0.2) is 21.7 Å². The van der Waals surface area contributed by atoms with E-state index in [0.717, 1.165) is 24.6 Å². The van der Waals surface area contributed by atoms with Crippen LogP contribution in [0.25, 0.3) is 0 Å². The van der Waals surface area contributed by atoms with Gasteiger partial charge in [0.1, 0.15) is 6.33 Å². The summed E-state index contributed by atoms with van der Waals surface area (Å²) in [5.74, 6) is 0.794. The lowest BCUT2D eigenvalue weighted by atomic mass is 10.3. The van der Waals surface area contributed by atoms with Gasteiger partial charge in [-0.2, -0.15) is 10.1 Å². The Balaban J connectivity index is 2.28. The number of hydrogen-bond donors (Lipinski definition) is 1. The van der Waals surface area contributed by atoms with E-state index in [9.17, 15) is 0 Å². The standard InChI is InChI=1S/C11H14N4/c1-2-8-15(11-12-9-13-14-11)10-6-4-3-5-7-10/h3-7,9H,2,8H2,1H3,(H,12,13,14). The molecule has 78 valence electrons. The zero-order valence-corrected chi connectivity index (χ0v) is 8.72. The van der Waals surface area contributed by atoms with Crippen molar-refractivity contribution in [2.24, 2.45) is 0 Å². The topological polar surface area (TPSA) is 44.8 Å². The number of hydrogen-bond acceptors (Lipinski definition) is 3. The molecule has 15 heavy (non-hydrogen) atoms. The lowest BCUT2D eigenvalue weighted by Crippen LogP contribution is -2.19. The van der Waals surface area contributed by atoms with Gasteiger partial charge >= 0.3 is 0 Å². The number of rotatable bonds is 4. The van der Waals surface area contributed by atoms with Crippen molar-refractivity contribution in [3.8, 4) is 0 Å². The van der Waals surface area contributed by atoms with Crippen LogP contribution in [0.1, 0.15) is 13.3 Å². The van der Waals surface area contributed by atoms with Crippen LogP contribution in [-0.2, 0) is 0 Å². The molecule has 0 aliphatic heterocycles. The van der Waals surface area contributed by atoms with Crippen molar-refractivity contribution in [3.05, 3.63) is 36.7 Å². The molecule has 4 nitrogen and oxygen atoms in total. The molecule has 0 fully saturated rings. The second-order valence-electron chi connectivity index (χ2n) is 3.30. The van der Waals surface area contributed by atoms with E-state index < -0.39 is 0 Å².